The Morgan fingerprint density at radius 1 is 1.03 bits per heavy atom. The van der Waals surface area contributed by atoms with Crippen LogP contribution in [0.4, 0.5) is 11.4 Å². The van der Waals surface area contributed by atoms with Crippen molar-refractivity contribution >= 4 is 28.6 Å². The number of rotatable bonds is 8. The highest BCUT2D eigenvalue weighted by atomic mass is 16.2. The number of hydrogen-bond acceptors (Lipinski definition) is 4. The zero-order chi connectivity index (χ0) is 22.3. The lowest BCUT2D eigenvalue weighted by Gasteiger charge is -2.15. The minimum Gasteiger partial charge on any atom is -0.354 e. The minimum atomic E-state index is -0.182. The summed E-state index contributed by atoms with van der Waals surface area (Å²) in [5.41, 5.74) is 6.22. The zero-order valence-electron chi connectivity index (χ0n) is 18.1. The molecule has 0 unspecified atom stereocenters. The minimum absolute atomic E-state index is 0.182. The number of carbonyl (C=O) groups excluding carboxylic acids is 1. The predicted octanol–water partition coefficient (Wildman–Crippen LogP) is 5.38. The highest BCUT2D eigenvalue weighted by molar-refractivity contribution is 6.37. The van der Waals surface area contributed by atoms with Gasteiger partial charge in [-0.25, -0.2) is 0 Å². The van der Waals surface area contributed by atoms with E-state index >= 15 is 0 Å². The molecular weight excluding hydrogens is 396 g/mol. The molecule has 4 rings (SSSR count). The van der Waals surface area contributed by atoms with E-state index in [4.69, 9.17) is 0 Å². The van der Waals surface area contributed by atoms with E-state index in [2.05, 4.69) is 41.1 Å². The Hall–Kier alpha value is -3.88. The Morgan fingerprint density at radius 3 is 2.53 bits per heavy atom. The molecule has 3 aromatic rings. The van der Waals surface area contributed by atoms with E-state index in [0.717, 1.165) is 29.9 Å². The number of nitriles is 1. The summed E-state index contributed by atoms with van der Waals surface area (Å²) in [6, 6.07) is 25.4. The topological polar surface area (TPSA) is 76.9 Å². The van der Waals surface area contributed by atoms with Crippen LogP contribution in [0, 0.1) is 11.3 Å². The lowest BCUT2D eigenvalue weighted by molar-refractivity contribution is -0.110. The maximum atomic E-state index is 13.0. The molecule has 1 aliphatic heterocycles. The van der Waals surface area contributed by atoms with E-state index in [1.807, 2.05) is 42.5 Å². The normalized spacial score (nSPS) is 13.8. The number of benzene rings is 3. The van der Waals surface area contributed by atoms with Gasteiger partial charge in [0.2, 0.25) is 0 Å². The quantitative estimate of drug-likeness (QED) is 0.336. The van der Waals surface area contributed by atoms with Crippen molar-refractivity contribution < 1.29 is 4.79 Å². The molecule has 3 N–H and O–H groups in total. The molecule has 0 fully saturated rings. The van der Waals surface area contributed by atoms with Gasteiger partial charge in [0.05, 0.1) is 22.9 Å². The SMILES string of the molecule is CCCCNCc1ccc(N/C(=C2\C(=O)Nc3ccc(C#N)cc32)c2ccccc2)cc1. The molecule has 0 saturated carbocycles. The number of anilines is 2. The van der Waals surface area contributed by atoms with Gasteiger partial charge in [-0.1, -0.05) is 55.8 Å². The van der Waals surface area contributed by atoms with E-state index in [1.165, 1.54) is 18.4 Å². The molecule has 1 aliphatic rings. The standard InChI is InChI=1S/C27H26N4O/c1-2-3-15-29-18-19-9-12-22(13-10-19)30-26(21-7-5-4-6-8-21)25-23-16-20(17-28)11-14-24(23)31-27(25)32/h4-14,16,29-30H,2-3,15,18H2,1H3,(H,31,32)/b26-25-. The van der Waals surface area contributed by atoms with Crippen molar-refractivity contribution in [3.05, 3.63) is 95.1 Å². The Balaban J connectivity index is 1.68. The second-order valence-corrected chi connectivity index (χ2v) is 7.79. The Bertz CT molecular complexity index is 1170. The highest BCUT2D eigenvalue weighted by Crippen LogP contribution is 2.38. The van der Waals surface area contributed by atoms with Gasteiger partial charge >= 0.3 is 0 Å². The van der Waals surface area contributed by atoms with Crippen LogP contribution in [0.5, 0.6) is 0 Å². The van der Waals surface area contributed by atoms with Crippen LogP contribution in [0.1, 0.15) is 42.0 Å². The highest BCUT2D eigenvalue weighted by Gasteiger charge is 2.28. The maximum absolute atomic E-state index is 13.0. The molecule has 1 amide bonds. The van der Waals surface area contributed by atoms with Crippen molar-refractivity contribution in [1.29, 1.82) is 5.26 Å². The van der Waals surface area contributed by atoms with Crippen LogP contribution in [0.3, 0.4) is 0 Å². The molecule has 3 aromatic carbocycles. The third-order valence-corrected chi connectivity index (χ3v) is 5.47. The summed E-state index contributed by atoms with van der Waals surface area (Å²) < 4.78 is 0. The van der Waals surface area contributed by atoms with E-state index < -0.39 is 0 Å². The molecular formula is C27H26N4O. The Labute approximate surface area is 188 Å². The molecule has 0 aromatic heterocycles. The van der Waals surface area contributed by atoms with Crippen molar-refractivity contribution in [2.24, 2.45) is 0 Å². The third kappa shape index (κ3) is 4.72. The lowest BCUT2D eigenvalue weighted by atomic mass is 9.98. The number of unbranched alkanes of at least 4 members (excludes halogenated alkanes) is 1. The van der Waals surface area contributed by atoms with Gasteiger partial charge in [0, 0.05) is 23.5 Å². The average molecular weight is 423 g/mol. The Morgan fingerprint density at radius 2 is 1.81 bits per heavy atom. The number of nitrogens with one attached hydrogen (secondary N) is 3. The summed E-state index contributed by atoms with van der Waals surface area (Å²) >= 11 is 0. The second kappa shape index (κ2) is 9.95. The van der Waals surface area contributed by atoms with E-state index in [0.29, 0.717) is 22.5 Å². The van der Waals surface area contributed by atoms with Crippen LogP contribution >= 0.6 is 0 Å². The fourth-order valence-electron chi connectivity index (χ4n) is 3.75. The summed E-state index contributed by atoms with van der Waals surface area (Å²) in [7, 11) is 0. The monoisotopic (exact) mass is 422 g/mol. The number of fused-ring (bicyclic) bond motifs is 1. The average Bonchev–Trinajstić information content (AvgIpc) is 3.16. The largest absolute Gasteiger partial charge is 0.354 e. The second-order valence-electron chi connectivity index (χ2n) is 7.79. The van der Waals surface area contributed by atoms with Gasteiger partial charge in [0.25, 0.3) is 5.91 Å². The van der Waals surface area contributed by atoms with Gasteiger partial charge in [0.15, 0.2) is 0 Å². The molecule has 160 valence electrons. The molecule has 0 saturated heterocycles. The van der Waals surface area contributed by atoms with Crippen LogP contribution in [0.25, 0.3) is 11.3 Å². The predicted molar refractivity (Wildman–Crippen MR) is 130 cm³/mol. The fourth-order valence-corrected chi connectivity index (χ4v) is 3.75. The zero-order valence-corrected chi connectivity index (χ0v) is 18.1. The molecule has 32 heavy (non-hydrogen) atoms. The van der Waals surface area contributed by atoms with Crippen LogP contribution in [0.15, 0.2) is 72.8 Å². The fraction of sp³-hybridized carbons (Fsp3) is 0.185. The third-order valence-electron chi connectivity index (χ3n) is 5.47. The maximum Gasteiger partial charge on any atom is 0.258 e. The van der Waals surface area contributed by atoms with Gasteiger partial charge in [-0.15, -0.1) is 0 Å². The molecule has 5 nitrogen and oxygen atoms in total. The first kappa shape index (κ1) is 21.4. The Kier molecular flexibility index (Phi) is 6.64. The van der Waals surface area contributed by atoms with Gasteiger partial charge < -0.3 is 16.0 Å². The molecule has 1 heterocycles. The first-order valence-corrected chi connectivity index (χ1v) is 10.9. The van der Waals surface area contributed by atoms with Crippen molar-refractivity contribution in [2.75, 3.05) is 17.2 Å². The molecule has 0 radical (unpaired) electrons. The van der Waals surface area contributed by atoms with Crippen LogP contribution < -0.4 is 16.0 Å². The van der Waals surface area contributed by atoms with Crippen LogP contribution in [0.2, 0.25) is 0 Å². The summed E-state index contributed by atoms with van der Waals surface area (Å²) in [4.78, 5) is 13.0. The van der Waals surface area contributed by atoms with Crippen LogP contribution in [-0.4, -0.2) is 12.5 Å². The van der Waals surface area contributed by atoms with Crippen molar-refractivity contribution in [2.45, 2.75) is 26.3 Å². The number of amides is 1. The smallest absolute Gasteiger partial charge is 0.258 e. The van der Waals surface area contributed by atoms with Crippen molar-refractivity contribution in [3.63, 3.8) is 0 Å². The summed E-state index contributed by atoms with van der Waals surface area (Å²) in [6.45, 7) is 4.03. The molecule has 0 spiro atoms. The van der Waals surface area contributed by atoms with Gasteiger partial charge in [-0.05, 0) is 54.4 Å². The summed E-state index contributed by atoms with van der Waals surface area (Å²) in [5, 5.41) is 19.2. The molecule has 0 bridgehead atoms. The number of carbonyl (C=O) groups is 1. The van der Waals surface area contributed by atoms with Crippen LogP contribution in [-0.2, 0) is 11.3 Å². The summed E-state index contributed by atoms with van der Waals surface area (Å²) in [6.07, 6.45) is 2.35. The van der Waals surface area contributed by atoms with E-state index in [9.17, 15) is 10.1 Å². The molecule has 0 atom stereocenters. The van der Waals surface area contributed by atoms with E-state index in [1.54, 1.807) is 18.2 Å². The molecule has 5 heteroatoms. The van der Waals surface area contributed by atoms with Crippen molar-refractivity contribution in [3.8, 4) is 6.07 Å². The summed E-state index contributed by atoms with van der Waals surface area (Å²) in [5.74, 6) is -0.182. The van der Waals surface area contributed by atoms with E-state index in [-0.39, 0.29) is 5.91 Å². The first-order chi connectivity index (χ1) is 15.7. The van der Waals surface area contributed by atoms with Crippen molar-refractivity contribution in [1.82, 2.24) is 5.32 Å². The lowest BCUT2D eigenvalue weighted by Crippen LogP contribution is -2.14. The van der Waals surface area contributed by atoms with Gasteiger partial charge in [-0.2, -0.15) is 5.26 Å². The first-order valence-electron chi connectivity index (χ1n) is 10.9. The number of nitrogens with zero attached hydrogens (tertiary/aromatic N) is 1. The van der Waals surface area contributed by atoms with Gasteiger partial charge in [-0.3, -0.25) is 4.79 Å². The molecule has 0 aliphatic carbocycles. The number of hydrogen-bond donors (Lipinski definition) is 3. The van der Waals surface area contributed by atoms with Gasteiger partial charge in [0.1, 0.15) is 0 Å².